The van der Waals surface area contributed by atoms with Crippen LogP contribution >= 0.6 is 24.0 Å². The highest BCUT2D eigenvalue weighted by molar-refractivity contribution is 14.0. The normalized spacial score (nSPS) is 15.4. The number of aryl methyl sites for hydroxylation is 1. The summed E-state index contributed by atoms with van der Waals surface area (Å²) in [5.41, 5.74) is 9.26. The Morgan fingerprint density at radius 3 is 2.67 bits per heavy atom. The Labute approximate surface area is 176 Å². The molecule has 3 rings (SSSR count). The standard InChI is InChI=1S/C20H25FN4O.HI/c1-14-3-2-4-16(11-14)24-20(22)23-13-15-5-6-19(18(21)12-15)25-9-7-17(26)8-10-25;/h2-6,11-12,17,26H,7-10,13H2,1H3,(H3,22,23,24);1H. The average molecular weight is 484 g/mol. The van der Waals surface area contributed by atoms with E-state index in [2.05, 4.69) is 10.3 Å². The van der Waals surface area contributed by atoms with Crippen LogP contribution in [0.4, 0.5) is 15.8 Å². The van der Waals surface area contributed by atoms with Crippen LogP contribution in [-0.2, 0) is 6.54 Å². The van der Waals surface area contributed by atoms with E-state index in [0.29, 0.717) is 44.1 Å². The summed E-state index contributed by atoms with van der Waals surface area (Å²) in [6, 6.07) is 13.0. The van der Waals surface area contributed by atoms with Crippen molar-refractivity contribution in [1.29, 1.82) is 0 Å². The predicted octanol–water partition coefficient (Wildman–Crippen LogP) is 3.64. The molecule has 0 radical (unpaired) electrons. The fourth-order valence-electron chi connectivity index (χ4n) is 3.10. The lowest BCUT2D eigenvalue weighted by molar-refractivity contribution is 0.145. The molecule has 1 heterocycles. The minimum atomic E-state index is -0.271. The van der Waals surface area contributed by atoms with Crippen molar-refractivity contribution in [1.82, 2.24) is 0 Å². The van der Waals surface area contributed by atoms with Crippen molar-refractivity contribution in [3.8, 4) is 0 Å². The molecule has 0 aliphatic carbocycles. The minimum Gasteiger partial charge on any atom is -0.393 e. The number of benzene rings is 2. The Morgan fingerprint density at radius 2 is 2.00 bits per heavy atom. The average Bonchev–Trinajstić information content (AvgIpc) is 2.61. The van der Waals surface area contributed by atoms with Gasteiger partial charge in [0, 0.05) is 18.8 Å². The van der Waals surface area contributed by atoms with Crippen LogP contribution in [-0.4, -0.2) is 30.3 Å². The number of hydrogen-bond donors (Lipinski definition) is 3. The molecule has 0 aromatic heterocycles. The van der Waals surface area contributed by atoms with Gasteiger partial charge in [-0.15, -0.1) is 24.0 Å². The monoisotopic (exact) mass is 484 g/mol. The van der Waals surface area contributed by atoms with Gasteiger partial charge in [-0.25, -0.2) is 9.38 Å². The topological polar surface area (TPSA) is 73.9 Å². The highest BCUT2D eigenvalue weighted by atomic mass is 127. The summed E-state index contributed by atoms with van der Waals surface area (Å²) in [7, 11) is 0. The molecule has 2 aromatic carbocycles. The Kier molecular flexibility index (Phi) is 7.85. The van der Waals surface area contributed by atoms with E-state index in [1.54, 1.807) is 6.07 Å². The number of nitrogens with one attached hydrogen (secondary N) is 1. The summed E-state index contributed by atoms with van der Waals surface area (Å²) >= 11 is 0. The quantitative estimate of drug-likeness (QED) is 0.352. The maximum absolute atomic E-state index is 14.4. The van der Waals surface area contributed by atoms with Crippen molar-refractivity contribution < 1.29 is 9.50 Å². The molecule has 0 atom stereocenters. The van der Waals surface area contributed by atoms with Crippen LogP contribution in [0.3, 0.4) is 0 Å². The highest BCUT2D eigenvalue weighted by Crippen LogP contribution is 2.24. The molecule has 4 N–H and O–H groups in total. The molecule has 0 bridgehead atoms. The molecule has 0 saturated carbocycles. The zero-order chi connectivity index (χ0) is 18.5. The third-order valence-electron chi connectivity index (χ3n) is 4.54. The van der Waals surface area contributed by atoms with Gasteiger partial charge in [-0.1, -0.05) is 18.2 Å². The number of guanidine groups is 1. The second-order valence-corrected chi connectivity index (χ2v) is 6.70. The summed E-state index contributed by atoms with van der Waals surface area (Å²) in [6.45, 7) is 3.65. The smallest absolute Gasteiger partial charge is 0.193 e. The Hall–Kier alpha value is -1.87. The second kappa shape index (κ2) is 9.89. The summed E-state index contributed by atoms with van der Waals surface area (Å²) < 4.78 is 14.4. The van der Waals surface area contributed by atoms with Gasteiger partial charge in [0.25, 0.3) is 0 Å². The molecule has 1 fully saturated rings. The first-order chi connectivity index (χ1) is 12.5. The van der Waals surface area contributed by atoms with Crippen LogP contribution in [0.25, 0.3) is 0 Å². The number of piperidine rings is 1. The zero-order valence-corrected chi connectivity index (χ0v) is 17.7. The van der Waals surface area contributed by atoms with Crippen molar-refractivity contribution in [2.45, 2.75) is 32.4 Å². The van der Waals surface area contributed by atoms with Gasteiger partial charge in [0.15, 0.2) is 5.96 Å². The zero-order valence-electron chi connectivity index (χ0n) is 15.4. The van der Waals surface area contributed by atoms with E-state index in [1.807, 2.05) is 42.2 Å². The Balaban J connectivity index is 0.00000261. The van der Waals surface area contributed by atoms with Crippen LogP contribution in [0.1, 0.15) is 24.0 Å². The van der Waals surface area contributed by atoms with Crippen LogP contribution in [0.15, 0.2) is 47.5 Å². The fraction of sp³-hybridized carbons (Fsp3) is 0.350. The molecule has 5 nitrogen and oxygen atoms in total. The van der Waals surface area contributed by atoms with E-state index in [1.165, 1.54) is 6.07 Å². The van der Waals surface area contributed by atoms with Gasteiger partial charge in [-0.3, -0.25) is 0 Å². The first-order valence-electron chi connectivity index (χ1n) is 8.86. The fourth-order valence-corrected chi connectivity index (χ4v) is 3.10. The molecule has 7 heteroatoms. The lowest BCUT2D eigenvalue weighted by atomic mass is 10.1. The number of hydrogen-bond acceptors (Lipinski definition) is 3. The van der Waals surface area contributed by atoms with E-state index in [4.69, 9.17) is 5.73 Å². The molecule has 1 saturated heterocycles. The van der Waals surface area contributed by atoms with Crippen molar-refractivity contribution in [2.75, 3.05) is 23.3 Å². The molecular formula is C20H26FIN4O. The number of nitrogens with two attached hydrogens (primary N) is 1. The molecule has 0 amide bonds. The molecule has 146 valence electrons. The minimum absolute atomic E-state index is 0. The third-order valence-corrected chi connectivity index (χ3v) is 4.54. The van der Waals surface area contributed by atoms with Gasteiger partial charge in [0.1, 0.15) is 5.82 Å². The first-order valence-corrected chi connectivity index (χ1v) is 8.86. The van der Waals surface area contributed by atoms with E-state index < -0.39 is 0 Å². The molecule has 1 aliphatic rings. The first kappa shape index (κ1) is 21.4. The molecule has 27 heavy (non-hydrogen) atoms. The summed E-state index contributed by atoms with van der Waals surface area (Å²) in [5.74, 6) is 0.0319. The van der Waals surface area contributed by atoms with Crippen molar-refractivity contribution in [3.63, 3.8) is 0 Å². The van der Waals surface area contributed by atoms with Crippen molar-refractivity contribution >= 4 is 41.3 Å². The number of aliphatic hydroxyl groups excluding tert-OH is 1. The number of nitrogens with zero attached hydrogens (tertiary/aromatic N) is 2. The van der Waals surface area contributed by atoms with Crippen LogP contribution in [0, 0.1) is 12.7 Å². The van der Waals surface area contributed by atoms with Crippen LogP contribution < -0.4 is 16.0 Å². The maximum Gasteiger partial charge on any atom is 0.193 e. The maximum atomic E-state index is 14.4. The van der Waals surface area contributed by atoms with Gasteiger partial charge < -0.3 is 21.1 Å². The van der Waals surface area contributed by atoms with E-state index in [-0.39, 0.29) is 35.9 Å². The number of halogens is 2. The molecule has 2 aromatic rings. The SMILES string of the molecule is Cc1cccc(NC(N)=NCc2ccc(N3CCC(O)CC3)c(F)c2)c1.I. The van der Waals surface area contributed by atoms with Gasteiger partial charge in [0.05, 0.1) is 18.3 Å². The van der Waals surface area contributed by atoms with Gasteiger partial charge in [-0.05, 0) is 55.2 Å². The van der Waals surface area contributed by atoms with E-state index in [9.17, 15) is 9.50 Å². The summed E-state index contributed by atoms with van der Waals surface area (Å²) in [6.07, 6.45) is 1.08. The third kappa shape index (κ3) is 6.07. The van der Waals surface area contributed by atoms with Crippen LogP contribution in [0.5, 0.6) is 0 Å². The Bertz CT molecular complexity index is 791. The van der Waals surface area contributed by atoms with Gasteiger partial charge in [0.2, 0.25) is 0 Å². The van der Waals surface area contributed by atoms with Gasteiger partial charge in [-0.2, -0.15) is 0 Å². The largest absolute Gasteiger partial charge is 0.393 e. The summed E-state index contributed by atoms with van der Waals surface area (Å²) in [4.78, 5) is 6.26. The molecule has 1 aliphatic heterocycles. The summed E-state index contributed by atoms with van der Waals surface area (Å²) in [5, 5.41) is 12.6. The van der Waals surface area contributed by atoms with E-state index in [0.717, 1.165) is 16.8 Å². The highest BCUT2D eigenvalue weighted by Gasteiger charge is 2.19. The molecular weight excluding hydrogens is 458 g/mol. The second-order valence-electron chi connectivity index (χ2n) is 6.70. The van der Waals surface area contributed by atoms with Crippen LogP contribution in [0.2, 0.25) is 0 Å². The predicted molar refractivity (Wildman–Crippen MR) is 119 cm³/mol. The Morgan fingerprint density at radius 1 is 1.26 bits per heavy atom. The van der Waals surface area contributed by atoms with E-state index >= 15 is 0 Å². The number of aliphatic imine (C=N–C) groups is 1. The van der Waals surface area contributed by atoms with Gasteiger partial charge >= 0.3 is 0 Å². The lowest BCUT2D eigenvalue weighted by Crippen LogP contribution is -2.36. The molecule has 0 unspecified atom stereocenters. The molecule has 0 spiro atoms. The van der Waals surface area contributed by atoms with Crippen molar-refractivity contribution in [3.05, 3.63) is 59.4 Å². The lowest BCUT2D eigenvalue weighted by Gasteiger charge is -2.31. The van der Waals surface area contributed by atoms with Crippen molar-refractivity contribution in [2.24, 2.45) is 10.7 Å². The number of rotatable bonds is 4. The number of aliphatic hydroxyl groups is 1. The number of anilines is 2.